The largest absolute Gasteiger partial charge is 0.497 e. The van der Waals surface area contributed by atoms with E-state index in [2.05, 4.69) is 17.2 Å². The normalized spacial score (nSPS) is 9.72. The van der Waals surface area contributed by atoms with Crippen molar-refractivity contribution in [3.8, 4) is 17.6 Å². The van der Waals surface area contributed by atoms with Crippen LogP contribution in [0.25, 0.3) is 0 Å². The van der Waals surface area contributed by atoms with E-state index in [0.29, 0.717) is 28.1 Å². The molecule has 5 heteroatoms. The van der Waals surface area contributed by atoms with Crippen molar-refractivity contribution in [2.45, 2.75) is 0 Å². The van der Waals surface area contributed by atoms with Crippen LogP contribution in [0.15, 0.2) is 72.8 Å². The zero-order valence-electron chi connectivity index (χ0n) is 16.1. The van der Waals surface area contributed by atoms with Crippen LogP contribution < -0.4 is 10.1 Å². The molecule has 0 unspecified atom stereocenters. The number of carbonyl (C=O) groups is 2. The van der Waals surface area contributed by atoms with Gasteiger partial charge in [-0.05, 0) is 54.6 Å². The molecule has 3 aromatic carbocycles. The molecular formula is C24H19NO4. The number of hydrogen-bond donors (Lipinski definition) is 1. The number of esters is 1. The van der Waals surface area contributed by atoms with Gasteiger partial charge in [-0.25, -0.2) is 4.79 Å². The van der Waals surface area contributed by atoms with Crippen LogP contribution in [-0.2, 0) is 4.74 Å². The number of benzene rings is 3. The van der Waals surface area contributed by atoms with Crippen LogP contribution in [0.4, 0.5) is 5.69 Å². The number of carbonyl (C=O) groups excluding carboxylic acids is 2. The monoisotopic (exact) mass is 385 g/mol. The zero-order valence-corrected chi connectivity index (χ0v) is 16.1. The van der Waals surface area contributed by atoms with E-state index in [1.165, 1.54) is 7.11 Å². The molecule has 29 heavy (non-hydrogen) atoms. The van der Waals surface area contributed by atoms with Gasteiger partial charge in [-0.2, -0.15) is 0 Å². The fourth-order valence-corrected chi connectivity index (χ4v) is 2.63. The molecule has 0 saturated heterocycles. The summed E-state index contributed by atoms with van der Waals surface area (Å²) >= 11 is 0. The summed E-state index contributed by atoms with van der Waals surface area (Å²) in [7, 11) is 2.89. The molecule has 0 spiro atoms. The third kappa shape index (κ3) is 5.24. The van der Waals surface area contributed by atoms with Crippen molar-refractivity contribution in [3.63, 3.8) is 0 Å². The fourth-order valence-electron chi connectivity index (χ4n) is 2.63. The van der Waals surface area contributed by atoms with Gasteiger partial charge in [-0.15, -0.1) is 0 Å². The van der Waals surface area contributed by atoms with Gasteiger partial charge in [0, 0.05) is 22.4 Å². The Balaban J connectivity index is 1.76. The summed E-state index contributed by atoms with van der Waals surface area (Å²) in [4.78, 5) is 24.1. The van der Waals surface area contributed by atoms with Crippen LogP contribution >= 0.6 is 0 Å². The Morgan fingerprint density at radius 3 is 2.17 bits per heavy atom. The summed E-state index contributed by atoms with van der Waals surface area (Å²) in [6.07, 6.45) is 0. The molecule has 3 rings (SSSR count). The summed E-state index contributed by atoms with van der Waals surface area (Å²) in [6, 6.07) is 21.1. The van der Waals surface area contributed by atoms with Crippen molar-refractivity contribution in [1.82, 2.24) is 0 Å². The highest BCUT2D eigenvalue weighted by molar-refractivity contribution is 6.04. The molecule has 0 aromatic heterocycles. The predicted octanol–water partition coefficient (Wildman–Crippen LogP) is 4.13. The Labute approximate surface area is 169 Å². The number of anilines is 1. The minimum Gasteiger partial charge on any atom is -0.497 e. The SMILES string of the molecule is COC(=O)c1cccc(C#Cc2cccc(NC(=O)c3cccc(OC)c3)c2)c1. The highest BCUT2D eigenvalue weighted by atomic mass is 16.5. The summed E-state index contributed by atoms with van der Waals surface area (Å²) in [6.45, 7) is 0. The van der Waals surface area contributed by atoms with Crippen LogP contribution in [-0.4, -0.2) is 26.1 Å². The lowest BCUT2D eigenvalue weighted by atomic mass is 10.1. The second-order valence-electron chi connectivity index (χ2n) is 6.09. The first kappa shape index (κ1) is 19.7. The Morgan fingerprint density at radius 2 is 1.45 bits per heavy atom. The lowest BCUT2D eigenvalue weighted by Crippen LogP contribution is -2.11. The molecule has 0 aliphatic carbocycles. The minimum absolute atomic E-state index is 0.236. The van der Waals surface area contributed by atoms with Crippen LogP contribution in [0.1, 0.15) is 31.8 Å². The minimum atomic E-state index is -0.407. The standard InChI is InChI=1S/C24H19NO4/c1-28-22-11-5-8-19(16-22)23(26)25-21-10-4-7-18(15-21)13-12-17-6-3-9-20(14-17)24(27)29-2/h3-11,14-16H,1-2H3,(H,25,26). The van der Waals surface area contributed by atoms with Crippen molar-refractivity contribution in [3.05, 3.63) is 95.1 Å². The number of ether oxygens (including phenoxy) is 2. The average molecular weight is 385 g/mol. The molecule has 5 nitrogen and oxygen atoms in total. The first-order valence-corrected chi connectivity index (χ1v) is 8.85. The number of rotatable bonds is 4. The highest BCUT2D eigenvalue weighted by Crippen LogP contribution is 2.16. The van der Waals surface area contributed by atoms with Gasteiger partial charge in [-0.3, -0.25) is 4.79 Å². The van der Waals surface area contributed by atoms with Crippen molar-refractivity contribution in [1.29, 1.82) is 0 Å². The van der Waals surface area contributed by atoms with Gasteiger partial charge < -0.3 is 14.8 Å². The van der Waals surface area contributed by atoms with Crippen molar-refractivity contribution >= 4 is 17.6 Å². The molecule has 0 aliphatic rings. The molecule has 0 radical (unpaired) electrons. The van der Waals surface area contributed by atoms with Gasteiger partial charge in [0.1, 0.15) is 5.75 Å². The third-order valence-corrected chi connectivity index (χ3v) is 4.09. The van der Waals surface area contributed by atoms with Crippen LogP contribution in [0.3, 0.4) is 0 Å². The molecule has 1 amide bonds. The van der Waals surface area contributed by atoms with Gasteiger partial charge in [-0.1, -0.05) is 30.0 Å². The van der Waals surface area contributed by atoms with Crippen molar-refractivity contribution in [2.75, 3.05) is 19.5 Å². The summed E-state index contributed by atoms with van der Waals surface area (Å²) in [5.41, 5.74) is 3.00. The second-order valence-corrected chi connectivity index (χ2v) is 6.09. The van der Waals surface area contributed by atoms with E-state index >= 15 is 0 Å². The maximum atomic E-state index is 12.5. The molecular weight excluding hydrogens is 366 g/mol. The lowest BCUT2D eigenvalue weighted by molar-refractivity contribution is 0.0600. The van der Waals surface area contributed by atoms with E-state index in [1.807, 2.05) is 18.2 Å². The number of amides is 1. The van der Waals surface area contributed by atoms with Crippen molar-refractivity contribution < 1.29 is 19.1 Å². The molecule has 3 aromatic rings. The number of methoxy groups -OCH3 is 2. The Hall–Kier alpha value is -4.04. The molecule has 144 valence electrons. The summed E-state index contributed by atoms with van der Waals surface area (Å²) in [5, 5.41) is 2.86. The topological polar surface area (TPSA) is 64.6 Å². The van der Waals surface area contributed by atoms with E-state index in [9.17, 15) is 9.59 Å². The lowest BCUT2D eigenvalue weighted by Gasteiger charge is -2.07. The molecule has 0 fully saturated rings. The quantitative estimate of drug-likeness (QED) is 0.542. The van der Waals surface area contributed by atoms with Crippen LogP contribution in [0, 0.1) is 11.8 Å². The zero-order chi connectivity index (χ0) is 20.6. The highest BCUT2D eigenvalue weighted by Gasteiger charge is 2.07. The van der Waals surface area contributed by atoms with E-state index in [-0.39, 0.29) is 5.91 Å². The van der Waals surface area contributed by atoms with Gasteiger partial charge in [0.2, 0.25) is 0 Å². The van der Waals surface area contributed by atoms with Gasteiger partial charge >= 0.3 is 5.97 Å². The maximum Gasteiger partial charge on any atom is 0.337 e. The Morgan fingerprint density at radius 1 is 0.793 bits per heavy atom. The first-order valence-electron chi connectivity index (χ1n) is 8.85. The smallest absolute Gasteiger partial charge is 0.337 e. The number of nitrogens with one attached hydrogen (secondary N) is 1. The van der Waals surface area contributed by atoms with Crippen molar-refractivity contribution in [2.24, 2.45) is 0 Å². The Bertz CT molecular complexity index is 1110. The van der Waals surface area contributed by atoms with E-state index in [4.69, 9.17) is 9.47 Å². The van der Waals surface area contributed by atoms with Gasteiger partial charge in [0.25, 0.3) is 5.91 Å². The third-order valence-electron chi connectivity index (χ3n) is 4.09. The molecule has 0 saturated carbocycles. The van der Waals surface area contributed by atoms with Gasteiger partial charge in [0.15, 0.2) is 0 Å². The Kier molecular flexibility index (Phi) is 6.29. The fraction of sp³-hybridized carbons (Fsp3) is 0.0833. The first-order chi connectivity index (χ1) is 14.1. The average Bonchev–Trinajstić information content (AvgIpc) is 2.77. The molecule has 0 bridgehead atoms. The van der Waals surface area contributed by atoms with E-state index < -0.39 is 5.97 Å². The molecule has 1 N–H and O–H groups in total. The second kappa shape index (κ2) is 9.25. The maximum absolute atomic E-state index is 12.5. The molecule has 0 heterocycles. The van der Waals surface area contributed by atoms with Crippen LogP contribution in [0.2, 0.25) is 0 Å². The molecule has 0 aliphatic heterocycles. The van der Waals surface area contributed by atoms with E-state index in [0.717, 1.165) is 5.56 Å². The van der Waals surface area contributed by atoms with Gasteiger partial charge in [0.05, 0.1) is 19.8 Å². The summed E-state index contributed by atoms with van der Waals surface area (Å²) < 4.78 is 9.87. The number of hydrogen-bond acceptors (Lipinski definition) is 4. The molecule has 0 atom stereocenters. The predicted molar refractivity (Wildman–Crippen MR) is 111 cm³/mol. The van der Waals surface area contributed by atoms with E-state index in [1.54, 1.807) is 61.7 Å². The van der Waals surface area contributed by atoms with Crippen LogP contribution in [0.5, 0.6) is 5.75 Å². The summed E-state index contributed by atoms with van der Waals surface area (Å²) in [5.74, 6) is 6.04.